The third-order valence-corrected chi connectivity index (χ3v) is 6.39. The van der Waals surface area contributed by atoms with E-state index in [0.717, 1.165) is 35.6 Å². The second-order valence-electron chi connectivity index (χ2n) is 7.46. The van der Waals surface area contributed by atoms with Crippen molar-refractivity contribution in [2.45, 2.75) is 38.2 Å². The molecule has 30 heavy (non-hydrogen) atoms. The molecule has 1 aromatic carbocycles. The number of ether oxygens (including phenoxy) is 3. The number of hydrogen-bond acceptors (Lipinski definition) is 7. The van der Waals surface area contributed by atoms with Crippen molar-refractivity contribution >= 4 is 17.7 Å². The van der Waals surface area contributed by atoms with E-state index in [1.165, 1.54) is 0 Å². The number of aryl methyl sites for hydroxylation is 1. The summed E-state index contributed by atoms with van der Waals surface area (Å²) < 4.78 is 22.8. The Morgan fingerprint density at radius 1 is 1.20 bits per heavy atom. The fourth-order valence-corrected chi connectivity index (χ4v) is 4.68. The lowest BCUT2D eigenvalue weighted by Gasteiger charge is -2.37. The molecule has 162 valence electrons. The normalized spacial score (nSPS) is 18.1. The minimum Gasteiger partial charge on any atom is -0.494 e. The largest absolute Gasteiger partial charge is 0.494 e. The number of aromatic nitrogens is 1. The number of thioether (sulfide) groups is 1. The summed E-state index contributed by atoms with van der Waals surface area (Å²) in [7, 11) is 0. The number of nitrogens with zero attached hydrogens (tertiary/aromatic N) is 2. The molecule has 1 aromatic heterocycles. The van der Waals surface area contributed by atoms with Crippen LogP contribution in [0.5, 0.6) is 5.75 Å². The molecule has 7 nitrogen and oxygen atoms in total. The van der Waals surface area contributed by atoms with Gasteiger partial charge in [0.2, 0.25) is 11.8 Å². The van der Waals surface area contributed by atoms with Crippen molar-refractivity contribution in [3.8, 4) is 17.2 Å². The lowest BCUT2D eigenvalue weighted by molar-refractivity contribution is -0.186. The van der Waals surface area contributed by atoms with Gasteiger partial charge in [-0.2, -0.15) is 0 Å². The molecule has 8 heteroatoms. The lowest BCUT2D eigenvalue weighted by Crippen LogP contribution is -2.47. The van der Waals surface area contributed by atoms with Crippen LogP contribution in [0.1, 0.15) is 31.2 Å². The third kappa shape index (κ3) is 4.82. The molecule has 2 aliphatic rings. The molecule has 0 aliphatic carbocycles. The van der Waals surface area contributed by atoms with Gasteiger partial charge in [-0.3, -0.25) is 4.79 Å². The molecule has 0 saturated carbocycles. The summed E-state index contributed by atoms with van der Waals surface area (Å²) >= 11 is 1.57. The van der Waals surface area contributed by atoms with Crippen molar-refractivity contribution in [3.05, 3.63) is 35.7 Å². The van der Waals surface area contributed by atoms with E-state index in [0.29, 0.717) is 50.3 Å². The molecule has 1 amide bonds. The van der Waals surface area contributed by atoms with Gasteiger partial charge in [-0.1, -0.05) is 0 Å². The standard InChI is InChI=1S/C22H28N2O5S/c1-3-26-18-6-4-17(5-7-18)21-23-19(16(2)29-21)14-30-15-20(25)24-10-8-22(9-11-24)27-12-13-28-22/h4-7H,3,8-15H2,1-2H3. The highest BCUT2D eigenvalue weighted by Gasteiger charge is 2.40. The highest BCUT2D eigenvalue weighted by atomic mass is 32.2. The number of rotatable bonds is 7. The minimum absolute atomic E-state index is 0.153. The molecule has 0 unspecified atom stereocenters. The van der Waals surface area contributed by atoms with Gasteiger partial charge in [0.1, 0.15) is 11.5 Å². The van der Waals surface area contributed by atoms with Crippen LogP contribution in [0.3, 0.4) is 0 Å². The predicted molar refractivity (Wildman–Crippen MR) is 114 cm³/mol. The number of likely N-dealkylation sites (tertiary alicyclic amines) is 1. The van der Waals surface area contributed by atoms with E-state index in [1.807, 2.05) is 43.0 Å². The van der Waals surface area contributed by atoms with Crippen LogP contribution in [0, 0.1) is 6.92 Å². The molecule has 0 N–H and O–H groups in total. The Morgan fingerprint density at radius 3 is 2.57 bits per heavy atom. The molecule has 4 rings (SSSR count). The van der Waals surface area contributed by atoms with Gasteiger partial charge < -0.3 is 23.5 Å². The topological polar surface area (TPSA) is 74.0 Å². The third-order valence-electron chi connectivity index (χ3n) is 5.46. The molecule has 2 fully saturated rings. The Kier molecular flexibility index (Phi) is 6.65. The zero-order valence-electron chi connectivity index (χ0n) is 17.5. The Bertz CT molecular complexity index is 851. The van der Waals surface area contributed by atoms with E-state index in [4.69, 9.17) is 18.6 Å². The summed E-state index contributed by atoms with van der Waals surface area (Å²) in [6, 6.07) is 7.71. The average Bonchev–Trinajstić information content (AvgIpc) is 3.36. The smallest absolute Gasteiger partial charge is 0.232 e. The van der Waals surface area contributed by atoms with Gasteiger partial charge >= 0.3 is 0 Å². The molecular formula is C22H28N2O5S. The van der Waals surface area contributed by atoms with Crippen LogP contribution in [0.4, 0.5) is 0 Å². The van der Waals surface area contributed by atoms with Crippen LogP contribution in [-0.2, 0) is 20.0 Å². The number of benzene rings is 1. The van der Waals surface area contributed by atoms with Crippen molar-refractivity contribution in [1.82, 2.24) is 9.88 Å². The average molecular weight is 433 g/mol. The van der Waals surface area contributed by atoms with Gasteiger partial charge in [-0.25, -0.2) is 4.98 Å². The lowest BCUT2D eigenvalue weighted by atomic mass is 10.0. The molecule has 2 saturated heterocycles. The van der Waals surface area contributed by atoms with E-state index in [9.17, 15) is 4.79 Å². The zero-order chi connectivity index (χ0) is 21.0. The van der Waals surface area contributed by atoms with Gasteiger partial charge in [0.05, 0.1) is 31.3 Å². The summed E-state index contributed by atoms with van der Waals surface area (Å²) in [5.41, 5.74) is 1.79. The fourth-order valence-electron chi connectivity index (χ4n) is 3.75. The van der Waals surface area contributed by atoms with E-state index < -0.39 is 5.79 Å². The first-order valence-electron chi connectivity index (χ1n) is 10.4. The molecule has 0 bridgehead atoms. The van der Waals surface area contributed by atoms with Crippen LogP contribution in [-0.4, -0.2) is 60.2 Å². The van der Waals surface area contributed by atoms with Crippen LogP contribution in [0.25, 0.3) is 11.5 Å². The molecule has 0 radical (unpaired) electrons. The van der Waals surface area contributed by atoms with Crippen molar-refractivity contribution < 1.29 is 23.4 Å². The number of carbonyl (C=O) groups excluding carboxylic acids is 1. The van der Waals surface area contributed by atoms with Crippen LogP contribution in [0.2, 0.25) is 0 Å². The molecular weight excluding hydrogens is 404 g/mol. The van der Waals surface area contributed by atoms with Crippen molar-refractivity contribution in [3.63, 3.8) is 0 Å². The second kappa shape index (κ2) is 9.41. The number of amides is 1. The highest BCUT2D eigenvalue weighted by Crippen LogP contribution is 2.31. The second-order valence-corrected chi connectivity index (χ2v) is 8.45. The van der Waals surface area contributed by atoms with Crippen LogP contribution >= 0.6 is 11.8 Å². The van der Waals surface area contributed by atoms with Gasteiger partial charge in [-0.15, -0.1) is 11.8 Å². The van der Waals surface area contributed by atoms with Crippen LogP contribution < -0.4 is 4.74 Å². The van der Waals surface area contributed by atoms with E-state index >= 15 is 0 Å². The summed E-state index contributed by atoms with van der Waals surface area (Å²) in [5.74, 6) is 2.99. The van der Waals surface area contributed by atoms with Gasteiger partial charge in [0.25, 0.3) is 0 Å². The highest BCUT2D eigenvalue weighted by molar-refractivity contribution is 7.99. The Balaban J connectivity index is 1.26. The SMILES string of the molecule is CCOc1ccc(-c2nc(CSCC(=O)N3CCC4(CC3)OCCO4)c(C)o2)cc1. The van der Waals surface area contributed by atoms with Gasteiger partial charge in [-0.05, 0) is 38.1 Å². The molecule has 2 aromatic rings. The zero-order valence-corrected chi connectivity index (χ0v) is 18.3. The maximum atomic E-state index is 12.6. The minimum atomic E-state index is -0.445. The first-order chi connectivity index (χ1) is 14.6. The van der Waals surface area contributed by atoms with E-state index in [2.05, 4.69) is 4.98 Å². The van der Waals surface area contributed by atoms with Gasteiger partial charge in [0.15, 0.2) is 5.79 Å². The first kappa shape index (κ1) is 21.2. The number of piperidine rings is 1. The Labute approximate surface area is 181 Å². The number of oxazole rings is 1. The van der Waals surface area contributed by atoms with Crippen molar-refractivity contribution in [2.24, 2.45) is 0 Å². The maximum Gasteiger partial charge on any atom is 0.232 e. The predicted octanol–water partition coefficient (Wildman–Crippen LogP) is 3.65. The van der Waals surface area contributed by atoms with Crippen LogP contribution in [0.15, 0.2) is 28.7 Å². The molecule has 2 aliphatic heterocycles. The summed E-state index contributed by atoms with van der Waals surface area (Å²) in [6.45, 7) is 7.18. The maximum absolute atomic E-state index is 12.6. The summed E-state index contributed by atoms with van der Waals surface area (Å²) in [6.07, 6.45) is 1.49. The van der Waals surface area contributed by atoms with E-state index in [-0.39, 0.29) is 5.91 Å². The van der Waals surface area contributed by atoms with E-state index in [1.54, 1.807) is 11.8 Å². The number of hydrogen-bond donors (Lipinski definition) is 0. The molecule has 0 atom stereocenters. The quantitative estimate of drug-likeness (QED) is 0.661. The van der Waals surface area contributed by atoms with Gasteiger partial charge in [0, 0.05) is 37.2 Å². The first-order valence-corrected chi connectivity index (χ1v) is 11.6. The number of carbonyl (C=O) groups is 1. The molecule has 3 heterocycles. The Morgan fingerprint density at radius 2 is 1.90 bits per heavy atom. The fraction of sp³-hybridized carbons (Fsp3) is 0.545. The van der Waals surface area contributed by atoms with Crippen molar-refractivity contribution in [2.75, 3.05) is 38.7 Å². The molecule has 1 spiro atoms. The Hall–Kier alpha value is -2.03. The van der Waals surface area contributed by atoms with Crippen molar-refractivity contribution in [1.29, 1.82) is 0 Å². The summed E-state index contributed by atoms with van der Waals surface area (Å²) in [4.78, 5) is 19.1. The monoisotopic (exact) mass is 432 g/mol. The summed E-state index contributed by atoms with van der Waals surface area (Å²) in [5, 5.41) is 0.